The molecule has 0 bridgehead atoms. The fourth-order valence-corrected chi connectivity index (χ4v) is 11.2. The molecule has 318 valence electrons. The zero-order chi connectivity index (χ0) is 42.5. The van der Waals surface area contributed by atoms with E-state index in [1.54, 1.807) is 24.3 Å². The van der Waals surface area contributed by atoms with Crippen molar-refractivity contribution in [3.8, 4) is 5.75 Å². The van der Waals surface area contributed by atoms with Crippen molar-refractivity contribution >= 4 is 17.4 Å². The van der Waals surface area contributed by atoms with Gasteiger partial charge in [0.15, 0.2) is 16.2 Å². The number of aliphatic hydroxyl groups excluding tert-OH is 2. The van der Waals surface area contributed by atoms with Crippen LogP contribution in [0.15, 0.2) is 176 Å². The van der Waals surface area contributed by atoms with Crippen molar-refractivity contribution in [2.75, 3.05) is 6.35 Å². The molecule has 1 fully saturated rings. The van der Waals surface area contributed by atoms with Gasteiger partial charge in [-0.1, -0.05) is 164 Å². The SMILES string of the molecule is O=P(COc1cccc(CO[C@@H]2[C@H](O)[C@@H](O)[C@@H](OCc3ccccc3)[C@@H](Cc3ccccc3)S(=O)(=O)[C@@H]2Cc2ccccc2)c1)(OCc1ccccc1)OCc1ccccc1. The first-order chi connectivity index (χ1) is 29.7. The largest absolute Gasteiger partial charge is 0.481 e. The molecule has 1 aliphatic rings. The van der Waals surface area contributed by atoms with Gasteiger partial charge in [-0.2, -0.15) is 0 Å². The molecule has 6 atom stereocenters. The summed E-state index contributed by atoms with van der Waals surface area (Å²) in [5.41, 5.74) is 4.51. The van der Waals surface area contributed by atoms with E-state index in [9.17, 15) is 14.8 Å². The Balaban J connectivity index is 1.13. The smallest absolute Gasteiger partial charge is 0.368 e. The zero-order valence-corrected chi connectivity index (χ0v) is 35.4. The Hall–Kier alpha value is -4.94. The van der Waals surface area contributed by atoms with Crippen molar-refractivity contribution in [3.05, 3.63) is 209 Å². The number of ether oxygens (including phenoxy) is 3. The summed E-state index contributed by atoms with van der Waals surface area (Å²) >= 11 is 0. The van der Waals surface area contributed by atoms with Crippen LogP contribution in [0.4, 0.5) is 0 Å². The van der Waals surface area contributed by atoms with Crippen LogP contribution in [0.25, 0.3) is 0 Å². The summed E-state index contributed by atoms with van der Waals surface area (Å²) in [6.07, 6.45) is -6.20. The van der Waals surface area contributed by atoms with Crippen molar-refractivity contribution in [3.63, 3.8) is 0 Å². The molecule has 1 aliphatic heterocycles. The van der Waals surface area contributed by atoms with Crippen molar-refractivity contribution in [1.82, 2.24) is 0 Å². The zero-order valence-electron chi connectivity index (χ0n) is 33.7. The highest BCUT2D eigenvalue weighted by molar-refractivity contribution is 7.92. The van der Waals surface area contributed by atoms with E-state index < -0.39 is 52.3 Å². The molecular weight excluding hydrogens is 812 g/mol. The van der Waals surface area contributed by atoms with E-state index in [1.807, 2.05) is 152 Å². The molecule has 61 heavy (non-hydrogen) atoms. The van der Waals surface area contributed by atoms with Crippen LogP contribution in [0.2, 0.25) is 0 Å². The van der Waals surface area contributed by atoms with Crippen molar-refractivity contribution < 1.29 is 46.5 Å². The molecule has 0 radical (unpaired) electrons. The van der Waals surface area contributed by atoms with Crippen LogP contribution in [-0.4, -0.2) is 59.9 Å². The summed E-state index contributed by atoms with van der Waals surface area (Å²) in [6, 6.07) is 53.3. The number of benzene rings is 6. The Morgan fingerprint density at radius 1 is 0.459 bits per heavy atom. The van der Waals surface area contributed by atoms with Gasteiger partial charge in [-0.05, 0) is 58.4 Å². The number of hydrogen-bond donors (Lipinski definition) is 2. The standard InChI is InChI=1S/C49H51O10PS/c50-46-47(51)49(56-33-42-27-16-28-43(29-42)57-36-60(52,58-34-40-23-12-4-13-24-40)59-35-41-25-14-5-15-26-41)45(31-38-19-8-2-9-20-38)61(53,54)44(30-37-17-6-1-7-18-37)48(46)55-32-39-21-10-3-11-22-39/h1-29,44-51H,30-36H2/t44-,45-,46-,47-,48+,49+/m1/s1. The van der Waals surface area contributed by atoms with Crippen LogP contribution in [0.5, 0.6) is 5.75 Å². The minimum Gasteiger partial charge on any atom is -0.481 e. The molecule has 0 unspecified atom stereocenters. The summed E-state index contributed by atoms with van der Waals surface area (Å²) in [5, 5.41) is 21.5. The lowest BCUT2D eigenvalue weighted by atomic mass is 9.94. The first kappa shape index (κ1) is 44.1. The first-order valence-electron chi connectivity index (χ1n) is 20.3. The normalized spacial score (nSPS) is 21.3. The second-order valence-electron chi connectivity index (χ2n) is 15.1. The molecule has 0 aliphatic carbocycles. The molecule has 0 spiro atoms. The van der Waals surface area contributed by atoms with Crippen molar-refractivity contribution in [2.45, 2.75) is 74.2 Å². The van der Waals surface area contributed by atoms with Crippen LogP contribution in [0.3, 0.4) is 0 Å². The molecule has 7 rings (SSSR count). The lowest BCUT2D eigenvalue weighted by Gasteiger charge is -2.31. The molecule has 6 aromatic carbocycles. The van der Waals surface area contributed by atoms with Crippen molar-refractivity contribution in [1.29, 1.82) is 0 Å². The summed E-state index contributed by atoms with van der Waals surface area (Å²) in [7, 11) is -8.01. The van der Waals surface area contributed by atoms with Gasteiger partial charge in [0, 0.05) is 0 Å². The van der Waals surface area contributed by atoms with Gasteiger partial charge in [0.2, 0.25) is 0 Å². The molecule has 10 nitrogen and oxygen atoms in total. The Bertz CT molecular complexity index is 2340. The lowest BCUT2D eigenvalue weighted by molar-refractivity contribution is -0.139. The van der Waals surface area contributed by atoms with Crippen LogP contribution < -0.4 is 4.74 Å². The highest BCUT2D eigenvalue weighted by Gasteiger charge is 2.54. The van der Waals surface area contributed by atoms with E-state index in [2.05, 4.69) is 0 Å². The van der Waals surface area contributed by atoms with Crippen LogP contribution in [-0.2, 0) is 72.2 Å². The molecule has 6 aromatic rings. The minimum absolute atomic E-state index is 0.0265. The van der Waals surface area contributed by atoms with Crippen LogP contribution >= 0.6 is 7.60 Å². The molecule has 1 saturated heterocycles. The van der Waals surface area contributed by atoms with Gasteiger partial charge in [-0.15, -0.1) is 0 Å². The molecule has 12 heteroatoms. The van der Waals surface area contributed by atoms with Crippen LogP contribution in [0, 0.1) is 0 Å². The van der Waals surface area contributed by atoms with Crippen LogP contribution in [0.1, 0.15) is 33.4 Å². The quantitative estimate of drug-likeness (QED) is 0.0763. The fraction of sp³-hybridized carbons (Fsp3) is 0.265. The lowest BCUT2D eigenvalue weighted by Crippen LogP contribution is -2.49. The van der Waals surface area contributed by atoms with Gasteiger partial charge in [0.05, 0.1) is 36.9 Å². The summed E-state index contributed by atoms with van der Waals surface area (Å²) in [4.78, 5) is 0. The predicted molar refractivity (Wildman–Crippen MR) is 234 cm³/mol. The highest BCUT2D eigenvalue weighted by atomic mass is 32.2. The number of aliphatic hydroxyl groups is 2. The number of sulfone groups is 1. The second-order valence-corrected chi connectivity index (χ2v) is 19.5. The summed E-state index contributed by atoms with van der Waals surface area (Å²) in [5.74, 6) is 0.347. The third-order valence-electron chi connectivity index (χ3n) is 10.7. The third-order valence-corrected chi connectivity index (χ3v) is 14.8. The van der Waals surface area contributed by atoms with Gasteiger partial charge in [-0.25, -0.2) is 8.42 Å². The van der Waals surface area contributed by atoms with E-state index >= 15 is 8.42 Å². The monoisotopic (exact) mass is 862 g/mol. The Morgan fingerprint density at radius 2 is 0.820 bits per heavy atom. The van der Waals surface area contributed by atoms with E-state index in [1.165, 1.54) is 0 Å². The van der Waals surface area contributed by atoms with Gasteiger partial charge >= 0.3 is 7.60 Å². The van der Waals surface area contributed by atoms with E-state index in [0.717, 1.165) is 27.8 Å². The van der Waals surface area contributed by atoms with Gasteiger partial charge in [-0.3, -0.25) is 4.57 Å². The molecule has 1 heterocycles. The van der Waals surface area contributed by atoms with E-state index in [-0.39, 0.29) is 45.6 Å². The Kier molecular flexibility index (Phi) is 15.4. The first-order valence-corrected chi connectivity index (χ1v) is 23.6. The maximum absolute atomic E-state index is 15.1. The Morgan fingerprint density at radius 3 is 1.25 bits per heavy atom. The minimum atomic E-state index is -4.21. The summed E-state index contributed by atoms with van der Waals surface area (Å²) in [6.45, 7) is -0.00837. The maximum atomic E-state index is 15.1. The highest BCUT2D eigenvalue weighted by Crippen LogP contribution is 2.50. The Labute approximate surface area is 358 Å². The second kappa shape index (κ2) is 21.2. The van der Waals surface area contributed by atoms with E-state index in [4.69, 9.17) is 23.3 Å². The molecule has 0 saturated carbocycles. The molecule has 0 aromatic heterocycles. The average molecular weight is 863 g/mol. The average Bonchev–Trinajstić information content (AvgIpc) is 3.35. The van der Waals surface area contributed by atoms with Gasteiger partial charge in [0.1, 0.15) is 30.2 Å². The number of hydrogen-bond acceptors (Lipinski definition) is 10. The van der Waals surface area contributed by atoms with Gasteiger partial charge < -0.3 is 33.5 Å². The molecule has 0 amide bonds. The number of rotatable bonds is 19. The third kappa shape index (κ3) is 12.1. The molecule has 2 N–H and O–H groups in total. The van der Waals surface area contributed by atoms with Gasteiger partial charge in [0.25, 0.3) is 0 Å². The molecular formula is C49H51O10PS. The van der Waals surface area contributed by atoms with E-state index in [0.29, 0.717) is 11.3 Å². The summed E-state index contributed by atoms with van der Waals surface area (Å²) < 4.78 is 74.9. The van der Waals surface area contributed by atoms with Crippen molar-refractivity contribution in [2.24, 2.45) is 0 Å². The topological polar surface area (TPSA) is 138 Å². The maximum Gasteiger partial charge on any atom is 0.368 e. The predicted octanol–water partition coefficient (Wildman–Crippen LogP) is 8.49. The fourth-order valence-electron chi connectivity index (χ4n) is 7.44.